The summed E-state index contributed by atoms with van der Waals surface area (Å²) in [4.78, 5) is 12.5. The molecule has 0 aliphatic heterocycles. The second-order valence-corrected chi connectivity index (χ2v) is 6.35. The third kappa shape index (κ3) is 6.29. The van der Waals surface area contributed by atoms with Crippen LogP contribution in [0.5, 0.6) is 17.2 Å². The molecule has 0 aliphatic rings. The minimum atomic E-state index is -0.539. The Morgan fingerprint density at radius 2 is 1.87 bits per heavy atom. The SMILES string of the molecule is C=CCOc1c(Cl)cc(/C=C(\C#N)C(=O)Nc2ccc(OCC)cc2)cc1OCC. The number of hydrogen-bond acceptors (Lipinski definition) is 5. The number of halogens is 1. The van der Waals surface area contributed by atoms with Gasteiger partial charge in [-0.25, -0.2) is 0 Å². The van der Waals surface area contributed by atoms with E-state index in [-0.39, 0.29) is 12.2 Å². The molecule has 0 saturated carbocycles. The van der Waals surface area contributed by atoms with Crippen LogP contribution in [0.4, 0.5) is 5.69 Å². The van der Waals surface area contributed by atoms with E-state index in [1.54, 1.807) is 42.5 Å². The fourth-order valence-corrected chi connectivity index (χ4v) is 2.81. The second-order valence-electron chi connectivity index (χ2n) is 5.94. The maximum absolute atomic E-state index is 12.5. The van der Waals surface area contributed by atoms with Crippen molar-refractivity contribution in [1.82, 2.24) is 0 Å². The number of carbonyl (C=O) groups is 1. The van der Waals surface area contributed by atoms with Gasteiger partial charge in [-0.3, -0.25) is 4.79 Å². The lowest BCUT2D eigenvalue weighted by atomic mass is 10.1. The Morgan fingerprint density at radius 1 is 1.17 bits per heavy atom. The summed E-state index contributed by atoms with van der Waals surface area (Å²) >= 11 is 6.32. The summed E-state index contributed by atoms with van der Waals surface area (Å²) < 4.78 is 16.5. The fraction of sp³-hybridized carbons (Fsp3) is 0.217. The van der Waals surface area contributed by atoms with Crippen LogP contribution < -0.4 is 19.5 Å². The molecule has 1 amide bonds. The van der Waals surface area contributed by atoms with Gasteiger partial charge in [0.2, 0.25) is 0 Å². The third-order valence-corrected chi connectivity index (χ3v) is 4.06. The molecular weight excluding hydrogens is 404 g/mol. The molecule has 0 fully saturated rings. The topological polar surface area (TPSA) is 80.6 Å². The first kappa shape index (κ1) is 22.9. The predicted molar refractivity (Wildman–Crippen MR) is 118 cm³/mol. The van der Waals surface area contributed by atoms with Gasteiger partial charge in [0, 0.05) is 5.69 Å². The van der Waals surface area contributed by atoms with Crippen molar-refractivity contribution in [3.8, 4) is 23.3 Å². The van der Waals surface area contributed by atoms with E-state index in [1.807, 2.05) is 19.9 Å². The van der Waals surface area contributed by atoms with Crippen LogP contribution in [0.3, 0.4) is 0 Å². The van der Waals surface area contributed by atoms with Crippen LogP contribution in [0.1, 0.15) is 19.4 Å². The number of nitrogens with one attached hydrogen (secondary N) is 1. The highest BCUT2D eigenvalue weighted by molar-refractivity contribution is 6.32. The number of anilines is 1. The number of amides is 1. The minimum absolute atomic E-state index is 0.0813. The highest BCUT2D eigenvalue weighted by Crippen LogP contribution is 2.37. The average molecular weight is 427 g/mol. The van der Waals surface area contributed by atoms with E-state index >= 15 is 0 Å². The number of rotatable bonds is 10. The first-order chi connectivity index (χ1) is 14.5. The monoisotopic (exact) mass is 426 g/mol. The second kappa shape index (κ2) is 11.5. The lowest BCUT2D eigenvalue weighted by molar-refractivity contribution is -0.112. The molecule has 0 heterocycles. The maximum atomic E-state index is 12.5. The van der Waals surface area contributed by atoms with Crippen LogP contribution in [0.2, 0.25) is 5.02 Å². The van der Waals surface area contributed by atoms with Crippen molar-refractivity contribution in [2.24, 2.45) is 0 Å². The normalized spacial score (nSPS) is 10.7. The van der Waals surface area contributed by atoms with Gasteiger partial charge in [0.25, 0.3) is 5.91 Å². The Labute approximate surface area is 181 Å². The van der Waals surface area contributed by atoms with Crippen molar-refractivity contribution < 1.29 is 19.0 Å². The van der Waals surface area contributed by atoms with Gasteiger partial charge < -0.3 is 19.5 Å². The zero-order chi connectivity index (χ0) is 21.9. The third-order valence-electron chi connectivity index (χ3n) is 3.78. The van der Waals surface area contributed by atoms with Gasteiger partial charge in [-0.05, 0) is 61.9 Å². The maximum Gasteiger partial charge on any atom is 0.266 e. The molecule has 0 aliphatic carbocycles. The first-order valence-electron chi connectivity index (χ1n) is 9.38. The molecule has 0 atom stereocenters. The van der Waals surface area contributed by atoms with E-state index in [9.17, 15) is 10.1 Å². The van der Waals surface area contributed by atoms with Crippen molar-refractivity contribution in [3.05, 3.63) is 65.2 Å². The molecule has 2 rings (SSSR count). The zero-order valence-electron chi connectivity index (χ0n) is 16.9. The smallest absolute Gasteiger partial charge is 0.266 e. The Hall–Kier alpha value is -3.43. The fourth-order valence-electron chi connectivity index (χ4n) is 2.53. The molecule has 0 saturated heterocycles. The largest absolute Gasteiger partial charge is 0.494 e. The molecule has 0 spiro atoms. The minimum Gasteiger partial charge on any atom is -0.494 e. The molecular formula is C23H23ClN2O4. The van der Waals surface area contributed by atoms with Crippen LogP contribution in [0.25, 0.3) is 6.08 Å². The average Bonchev–Trinajstić information content (AvgIpc) is 2.73. The summed E-state index contributed by atoms with van der Waals surface area (Å²) in [6, 6.07) is 12.1. The van der Waals surface area contributed by atoms with E-state index in [0.29, 0.717) is 46.7 Å². The van der Waals surface area contributed by atoms with E-state index in [1.165, 1.54) is 6.08 Å². The zero-order valence-corrected chi connectivity index (χ0v) is 17.7. The van der Waals surface area contributed by atoms with Gasteiger partial charge in [0.1, 0.15) is 24.0 Å². The van der Waals surface area contributed by atoms with Gasteiger partial charge in [-0.2, -0.15) is 5.26 Å². The standard InChI is InChI=1S/C23H23ClN2O4/c1-4-11-30-22-20(24)13-16(14-21(22)29-6-3)12-17(15-25)23(27)26-18-7-9-19(10-8-18)28-5-2/h4,7-10,12-14H,1,5-6,11H2,2-3H3,(H,26,27)/b17-12+. The van der Waals surface area contributed by atoms with Gasteiger partial charge in [0.15, 0.2) is 11.5 Å². The van der Waals surface area contributed by atoms with E-state index < -0.39 is 5.91 Å². The Kier molecular flexibility index (Phi) is 8.79. The predicted octanol–water partition coefficient (Wildman–Crippen LogP) is 5.25. The highest BCUT2D eigenvalue weighted by atomic mass is 35.5. The summed E-state index contributed by atoms with van der Waals surface area (Å²) in [7, 11) is 0. The van der Waals surface area contributed by atoms with Crippen molar-refractivity contribution in [2.75, 3.05) is 25.1 Å². The molecule has 6 nitrogen and oxygen atoms in total. The van der Waals surface area contributed by atoms with Crippen LogP contribution in [0, 0.1) is 11.3 Å². The number of nitriles is 1. The molecule has 0 unspecified atom stereocenters. The van der Waals surface area contributed by atoms with Gasteiger partial charge in [0.05, 0.1) is 18.2 Å². The molecule has 7 heteroatoms. The molecule has 2 aromatic carbocycles. The summed E-state index contributed by atoms with van der Waals surface area (Å²) in [5.74, 6) is 0.960. The lowest BCUT2D eigenvalue weighted by Gasteiger charge is -2.13. The summed E-state index contributed by atoms with van der Waals surface area (Å²) in [6.07, 6.45) is 3.04. The molecule has 30 heavy (non-hydrogen) atoms. The Bertz CT molecular complexity index is 962. The van der Waals surface area contributed by atoms with Crippen LogP contribution >= 0.6 is 11.6 Å². The lowest BCUT2D eigenvalue weighted by Crippen LogP contribution is -2.13. The number of benzene rings is 2. The Morgan fingerprint density at radius 3 is 2.47 bits per heavy atom. The molecule has 0 radical (unpaired) electrons. The van der Waals surface area contributed by atoms with Crippen molar-refractivity contribution in [1.29, 1.82) is 5.26 Å². The highest BCUT2D eigenvalue weighted by Gasteiger charge is 2.14. The summed E-state index contributed by atoms with van der Waals surface area (Å²) in [6.45, 7) is 8.55. The summed E-state index contributed by atoms with van der Waals surface area (Å²) in [5, 5.41) is 12.5. The number of ether oxygens (including phenoxy) is 3. The van der Waals surface area contributed by atoms with Crippen molar-refractivity contribution >= 4 is 29.3 Å². The van der Waals surface area contributed by atoms with Gasteiger partial charge in [-0.15, -0.1) is 0 Å². The number of nitrogens with zero attached hydrogens (tertiary/aromatic N) is 1. The molecule has 2 aromatic rings. The van der Waals surface area contributed by atoms with E-state index in [0.717, 1.165) is 0 Å². The first-order valence-corrected chi connectivity index (χ1v) is 9.76. The van der Waals surface area contributed by atoms with Crippen molar-refractivity contribution in [2.45, 2.75) is 13.8 Å². The number of hydrogen-bond donors (Lipinski definition) is 1. The van der Waals surface area contributed by atoms with Crippen molar-refractivity contribution in [3.63, 3.8) is 0 Å². The van der Waals surface area contributed by atoms with E-state index in [2.05, 4.69) is 11.9 Å². The van der Waals surface area contributed by atoms with Gasteiger partial charge >= 0.3 is 0 Å². The molecule has 1 N–H and O–H groups in total. The quantitative estimate of drug-likeness (QED) is 0.319. The Balaban J connectivity index is 2.26. The van der Waals surface area contributed by atoms with Crippen LogP contribution in [-0.4, -0.2) is 25.7 Å². The summed E-state index contributed by atoms with van der Waals surface area (Å²) in [5.41, 5.74) is 1.00. The van der Waals surface area contributed by atoms with E-state index in [4.69, 9.17) is 25.8 Å². The molecule has 0 bridgehead atoms. The van der Waals surface area contributed by atoms with Crippen LogP contribution in [-0.2, 0) is 4.79 Å². The number of carbonyl (C=O) groups excluding carboxylic acids is 1. The molecule has 0 aromatic heterocycles. The van der Waals surface area contributed by atoms with Gasteiger partial charge in [-0.1, -0.05) is 24.3 Å². The van der Waals surface area contributed by atoms with Crippen LogP contribution in [0.15, 0.2) is 54.6 Å². The molecule has 156 valence electrons.